The van der Waals surface area contributed by atoms with E-state index in [1.54, 1.807) is 18.2 Å². The highest BCUT2D eigenvalue weighted by atomic mass is 35.5. The third kappa shape index (κ3) is 2.39. The number of halogens is 1. The third-order valence-electron chi connectivity index (χ3n) is 2.90. The maximum atomic E-state index is 11.1. The number of aldehydes is 1. The third-order valence-corrected chi connectivity index (χ3v) is 3.21. The summed E-state index contributed by atoms with van der Waals surface area (Å²) in [5.41, 5.74) is 3.52. The van der Waals surface area contributed by atoms with Gasteiger partial charge in [-0.1, -0.05) is 35.4 Å². The Morgan fingerprint density at radius 1 is 1.11 bits per heavy atom. The molecule has 0 fully saturated rings. The predicted molar refractivity (Wildman–Crippen MR) is 76.1 cm³/mol. The number of hydrogen-bond acceptors (Lipinski definition) is 2. The molecule has 3 heteroatoms. The fraction of sp³-hybridized carbons (Fsp3) is 0.133. The average Bonchev–Trinajstić information content (AvgIpc) is 2.38. The van der Waals surface area contributed by atoms with Gasteiger partial charge in [-0.25, -0.2) is 0 Å². The van der Waals surface area contributed by atoms with Crippen LogP contribution in [0, 0.1) is 6.92 Å². The molecule has 0 heterocycles. The Kier molecular flexibility index (Phi) is 3.68. The minimum absolute atomic E-state index is 0.572. The lowest BCUT2D eigenvalue weighted by molar-refractivity contribution is 0.112. The number of carbonyl (C=O) groups is 1. The molecule has 2 rings (SSSR count). The largest absolute Gasteiger partial charge is 0.343 e. The van der Waals surface area contributed by atoms with Gasteiger partial charge in [0.2, 0.25) is 0 Å². The molecule has 18 heavy (non-hydrogen) atoms. The second-order valence-electron chi connectivity index (χ2n) is 4.19. The molecule has 0 bridgehead atoms. The van der Waals surface area contributed by atoms with Crippen molar-refractivity contribution in [2.24, 2.45) is 0 Å². The van der Waals surface area contributed by atoms with E-state index < -0.39 is 0 Å². The van der Waals surface area contributed by atoms with Gasteiger partial charge in [-0.2, -0.15) is 0 Å². The van der Waals surface area contributed by atoms with E-state index in [0.29, 0.717) is 10.6 Å². The van der Waals surface area contributed by atoms with Crippen LogP contribution in [0.3, 0.4) is 0 Å². The van der Waals surface area contributed by atoms with Crippen LogP contribution in [0.15, 0.2) is 42.5 Å². The topological polar surface area (TPSA) is 20.3 Å². The Morgan fingerprint density at radius 3 is 2.39 bits per heavy atom. The van der Waals surface area contributed by atoms with Gasteiger partial charge in [0, 0.05) is 18.3 Å². The van der Waals surface area contributed by atoms with Crippen molar-refractivity contribution in [3.8, 4) is 0 Å². The number of carbonyl (C=O) groups excluding carboxylic acids is 1. The van der Waals surface area contributed by atoms with Crippen molar-refractivity contribution in [3.63, 3.8) is 0 Å². The Bertz CT molecular complexity index is 563. The van der Waals surface area contributed by atoms with Gasteiger partial charge in [0.1, 0.15) is 0 Å². The van der Waals surface area contributed by atoms with E-state index in [9.17, 15) is 4.79 Å². The van der Waals surface area contributed by atoms with E-state index in [1.807, 2.05) is 43.1 Å². The van der Waals surface area contributed by atoms with Gasteiger partial charge in [-0.05, 0) is 31.2 Å². The molecule has 0 radical (unpaired) electrons. The van der Waals surface area contributed by atoms with Crippen LogP contribution in [0.25, 0.3) is 0 Å². The van der Waals surface area contributed by atoms with Crippen molar-refractivity contribution in [1.82, 2.24) is 0 Å². The number of nitrogens with zero attached hydrogens (tertiary/aromatic N) is 1. The summed E-state index contributed by atoms with van der Waals surface area (Å²) in [5.74, 6) is 0. The smallest absolute Gasteiger partial charge is 0.152 e. The first-order valence-electron chi connectivity index (χ1n) is 5.67. The van der Waals surface area contributed by atoms with E-state index in [2.05, 4.69) is 0 Å². The van der Waals surface area contributed by atoms with Crippen molar-refractivity contribution in [1.29, 1.82) is 0 Å². The molecule has 0 aromatic heterocycles. The molecule has 2 nitrogen and oxygen atoms in total. The summed E-state index contributed by atoms with van der Waals surface area (Å²) in [5, 5.41) is 0.572. The summed E-state index contributed by atoms with van der Waals surface area (Å²) in [6.45, 7) is 2.04. The summed E-state index contributed by atoms with van der Waals surface area (Å²) in [7, 11) is 1.90. The summed E-state index contributed by atoms with van der Waals surface area (Å²) < 4.78 is 0. The van der Waals surface area contributed by atoms with Gasteiger partial charge in [-0.15, -0.1) is 0 Å². The maximum Gasteiger partial charge on any atom is 0.152 e. The van der Waals surface area contributed by atoms with Gasteiger partial charge in [0.15, 0.2) is 6.29 Å². The first-order valence-corrected chi connectivity index (χ1v) is 6.05. The number of aryl methyl sites for hydroxylation is 1. The van der Waals surface area contributed by atoms with Crippen LogP contribution >= 0.6 is 11.6 Å². The molecule has 0 spiro atoms. The van der Waals surface area contributed by atoms with Crippen molar-refractivity contribution in [3.05, 3.63) is 58.6 Å². The Balaban J connectivity index is 2.48. The number of anilines is 2. The minimum Gasteiger partial charge on any atom is -0.343 e. The Labute approximate surface area is 112 Å². The lowest BCUT2D eigenvalue weighted by atomic mass is 10.1. The van der Waals surface area contributed by atoms with E-state index in [-0.39, 0.29) is 0 Å². The first kappa shape index (κ1) is 12.7. The lowest BCUT2D eigenvalue weighted by Crippen LogP contribution is -2.12. The average molecular weight is 260 g/mol. The van der Waals surface area contributed by atoms with Crippen LogP contribution in [0.1, 0.15) is 15.9 Å². The van der Waals surface area contributed by atoms with Gasteiger partial charge in [0.05, 0.1) is 10.7 Å². The number of hydrogen-bond donors (Lipinski definition) is 0. The van der Waals surface area contributed by atoms with Crippen molar-refractivity contribution >= 4 is 29.3 Å². The fourth-order valence-corrected chi connectivity index (χ4v) is 2.19. The molecule has 0 saturated carbocycles. The molecule has 0 saturated heterocycles. The zero-order valence-corrected chi connectivity index (χ0v) is 11.1. The monoisotopic (exact) mass is 259 g/mol. The van der Waals surface area contributed by atoms with Gasteiger partial charge < -0.3 is 4.90 Å². The summed E-state index contributed by atoms with van der Waals surface area (Å²) in [6, 6.07) is 13.4. The molecule has 0 amide bonds. The van der Waals surface area contributed by atoms with Crippen LogP contribution in [0.2, 0.25) is 5.02 Å². The summed E-state index contributed by atoms with van der Waals surface area (Å²) in [6.07, 6.45) is 0.825. The molecule has 2 aromatic rings. The van der Waals surface area contributed by atoms with Crippen molar-refractivity contribution < 1.29 is 4.79 Å². The van der Waals surface area contributed by atoms with Gasteiger partial charge in [0.25, 0.3) is 0 Å². The highest BCUT2D eigenvalue weighted by Crippen LogP contribution is 2.33. The molecule has 0 aliphatic carbocycles. The maximum absolute atomic E-state index is 11.1. The second kappa shape index (κ2) is 5.23. The zero-order valence-electron chi connectivity index (χ0n) is 10.4. The predicted octanol–water partition coefficient (Wildman–Crippen LogP) is 4.23. The molecule has 0 aliphatic rings. The zero-order chi connectivity index (χ0) is 13.1. The molecule has 92 valence electrons. The van der Waals surface area contributed by atoms with E-state index in [0.717, 1.165) is 17.7 Å². The molecule has 2 aromatic carbocycles. The Hall–Kier alpha value is -1.80. The molecule has 0 aliphatic heterocycles. The minimum atomic E-state index is 0.572. The highest BCUT2D eigenvalue weighted by Gasteiger charge is 2.12. The molecular formula is C15H14ClNO. The number of rotatable bonds is 3. The summed E-state index contributed by atoms with van der Waals surface area (Å²) in [4.78, 5) is 13.0. The highest BCUT2D eigenvalue weighted by molar-refractivity contribution is 6.34. The normalized spacial score (nSPS) is 10.2. The lowest BCUT2D eigenvalue weighted by Gasteiger charge is -2.22. The van der Waals surface area contributed by atoms with Crippen LogP contribution in [0.4, 0.5) is 11.4 Å². The van der Waals surface area contributed by atoms with Gasteiger partial charge >= 0.3 is 0 Å². The van der Waals surface area contributed by atoms with E-state index in [1.165, 1.54) is 5.56 Å². The van der Waals surface area contributed by atoms with E-state index in [4.69, 9.17) is 11.6 Å². The number of benzene rings is 2. The quantitative estimate of drug-likeness (QED) is 0.769. The van der Waals surface area contributed by atoms with Gasteiger partial charge in [-0.3, -0.25) is 4.79 Å². The molecular weight excluding hydrogens is 246 g/mol. The molecule has 0 atom stereocenters. The molecule has 0 unspecified atom stereocenters. The van der Waals surface area contributed by atoms with E-state index >= 15 is 0 Å². The molecule has 0 N–H and O–H groups in total. The van der Waals surface area contributed by atoms with Crippen LogP contribution < -0.4 is 4.90 Å². The van der Waals surface area contributed by atoms with Crippen LogP contribution in [-0.4, -0.2) is 13.3 Å². The Morgan fingerprint density at radius 2 is 1.78 bits per heavy atom. The summed E-state index contributed by atoms with van der Waals surface area (Å²) >= 11 is 6.18. The SMILES string of the molecule is Cc1ccc(N(C)c2c(Cl)cccc2C=O)cc1. The standard InChI is InChI=1S/C15H14ClNO/c1-11-6-8-13(9-7-11)17(2)15-12(10-18)4-3-5-14(15)16/h3-10H,1-2H3. The fourth-order valence-electron chi connectivity index (χ4n) is 1.88. The number of para-hydroxylation sites is 1. The van der Waals surface area contributed by atoms with Crippen LogP contribution in [-0.2, 0) is 0 Å². The van der Waals surface area contributed by atoms with Crippen molar-refractivity contribution in [2.75, 3.05) is 11.9 Å². The van der Waals surface area contributed by atoms with Crippen LogP contribution in [0.5, 0.6) is 0 Å². The first-order chi connectivity index (χ1) is 8.63. The second-order valence-corrected chi connectivity index (χ2v) is 4.60. The van der Waals surface area contributed by atoms with Crippen molar-refractivity contribution in [2.45, 2.75) is 6.92 Å².